The third-order valence-corrected chi connectivity index (χ3v) is 2.75. The van der Waals surface area contributed by atoms with Crippen molar-refractivity contribution in [1.29, 1.82) is 0 Å². The number of hydrazine groups is 1. The highest BCUT2D eigenvalue weighted by molar-refractivity contribution is 9.10. The molecule has 1 aromatic rings. The molecule has 0 saturated heterocycles. The van der Waals surface area contributed by atoms with E-state index in [2.05, 4.69) is 50.7 Å². The molecule has 1 aromatic carbocycles. The monoisotopic (exact) mass is 284 g/mol. The van der Waals surface area contributed by atoms with Gasteiger partial charge in [-0.1, -0.05) is 6.07 Å². The lowest BCUT2D eigenvalue weighted by Gasteiger charge is -2.14. The van der Waals surface area contributed by atoms with E-state index in [4.69, 9.17) is 5.84 Å². The van der Waals surface area contributed by atoms with E-state index in [9.17, 15) is 0 Å². The highest BCUT2D eigenvalue weighted by atomic mass is 79.9. The van der Waals surface area contributed by atoms with Gasteiger partial charge in [-0.3, -0.25) is 10.4 Å². The maximum atomic E-state index is 5.38. The number of nitrogens with zero attached hydrogens (tertiary/aromatic N) is 1. The van der Waals surface area contributed by atoms with Crippen LogP contribution in [0.5, 0.6) is 0 Å². The Morgan fingerprint density at radius 2 is 2.12 bits per heavy atom. The second-order valence-electron chi connectivity index (χ2n) is 3.53. The maximum absolute atomic E-state index is 5.38. The highest BCUT2D eigenvalue weighted by Crippen LogP contribution is 2.27. The lowest BCUT2D eigenvalue weighted by molar-refractivity contribution is 0.985. The van der Waals surface area contributed by atoms with Gasteiger partial charge < -0.3 is 5.32 Å². The van der Waals surface area contributed by atoms with Crippen molar-refractivity contribution in [1.82, 2.24) is 5.43 Å². The van der Waals surface area contributed by atoms with Gasteiger partial charge in [-0.2, -0.15) is 0 Å². The fourth-order valence-corrected chi connectivity index (χ4v) is 2.24. The maximum Gasteiger partial charge on any atom is 0.210 e. The number of rotatable bonds is 2. The Hall–Kier alpha value is -1.07. The zero-order valence-electron chi connectivity index (χ0n) is 9.76. The molecule has 0 atom stereocenters. The average molecular weight is 285 g/mol. The van der Waals surface area contributed by atoms with Crippen molar-refractivity contribution in [3.8, 4) is 0 Å². The Bertz CT molecular complexity index is 378. The molecule has 0 aliphatic rings. The van der Waals surface area contributed by atoms with Crippen LogP contribution in [0.15, 0.2) is 21.6 Å². The fourth-order valence-electron chi connectivity index (χ4n) is 1.47. The van der Waals surface area contributed by atoms with Crippen LogP contribution in [0.3, 0.4) is 0 Å². The summed E-state index contributed by atoms with van der Waals surface area (Å²) >= 11 is 3.52. The van der Waals surface area contributed by atoms with Gasteiger partial charge in [0, 0.05) is 11.0 Å². The van der Waals surface area contributed by atoms with Gasteiger partial charge >= 0.3 is 0 Å². The Labute approximate surface area is 104 Å². The number of aliphatic imine (C=N–C) groups is 1. The van der Waals surface area contributed by atoms with E-state index < -0.39 is 0 Å². The van der Waals surface area contributed by atoms with Crippen LogP contribution in [0.1, 0.15) is 18.1 Å². The zero-order chi connectivity index (χ0) is 12.1. The minimum atomic E-state index is 0.565. The first-order valence-electron chi connectivity index (χ1n) is 5.13. The molecule has 0 heterocycles. The second-order valence-corrected chi connectivity index (χ2v) is 4.39. The average Bonchev–Trinajstić information content (AvgIpc) is 2.21. The molecule has 0 spiro atoms. The standard InChI is InChI=1S/C11H17BrN4/c1-4-14-11(16-13)15-10-8(3)5-7(2)6-9(10)12/h5-6H,4,13H2,1-3H3,(H2,14,15,16). The molecule has 0 fully saturated rings. The third kappa shape index (κ3) is 3.21. The molecule has 4 N–H and O–H groups in total. The number of benzene rings is 1. The SMILES string of the molecule is CCN=C(NN)Nc1c(C)cc(C)cc1Br. The van der Waals surface area contributed by atoms with Crippen LogP contribution in [0, 0.1) is 13.8 Å². The van der Waals surface area contributed by atoms with E-state index in [0.29, 0.717) is 12.5 Å². The quantitative estimate of drug-likeness (QED) is 0.338. The first kappa shape index (κ1) is 13.0. The molecule has 0 aromatic heterocycles. The second kappa shape index (κ2) is 5.86. The molecule has 0 aliphatic heterocycles. The van der Waals surface area contributed by atoms with Gasteiger partial charge in [0.2, 0.25) is 5.96 Å². The number of anilines is 1. The lowest BCUT2D eigenvalue weighted by atomic mass is 10.1. The topological polar surface area (TPSA) is 62.4 Å². The minimum Gasteiger partial charge on any atom is -0.324 e. The first-order valence-corrected chi connectivity index (χ1v) is 5.92. The van der Waals surface area contributed by atoms with E-state index in [1.54, 1.807) is 0 Å². The molecule has 0 radical (unpaired) electrons. The molecule has 4 nitrogen and oxygen atoms in total. The molecular weight excluding hydrogens is 268 g/mol. The number of aryl methyl sites for hydroxylation is 2. The van der Waals surface area contributed by atoms with Gasteiger partial charge in [-0.15, -0.1) is 0 Å². The number of hydrogen-bond acceptors (Lipinski definition) is 2. The minimum absolute atomic E-state index is 0.565. The van der Waals surface area contributed by atoms with E-state index in [-0.39, 0.29) is 0 Å². The van der Waals surface area contributed by atoms with E-state index in [1.165, 1.54) is 5.56 Å². The summed E-state index contributed by atoms with van der Waals surface area (Å²) in [6.45, 7) is 6.73. The molecule has 0 unspecified atom stereocenters. The normalized spacial score (nSPS) is 11.4. The summed E-state index contributed by atoms with van der Waals surface area (Å²) in [5.74, 6) is 5.94. The molecule has 1 rings (SSSR count). The van der Waals surface area contributed by atoms with E-state index >= 15 is 0 Å². The van der Waals surface area contributed by atoms with Gasteiger partial charge in [0.05, 0.1) is 5.69 Å². The first-order chi connectivity index (χ1) is 7.58. The lowest BCUT2D eigenvalue weighted by Crippen LogP contribution is -2.36. The van der Waals surface area contributed by atoms with Crippen molar-refractivity contribution < 1.29 is 0 Å². The van der Waals surface area contributed by atoms with Crippen LogP contribution in [0.4, 0.5) is 5.69 Å². The third-order valence-electron chi connectivity index (χ3n) is 2.13. The van der Waals surface area contributed by atoms with Crippen molar-refractivity contribution >= 4 is 27.6 Å². The molecular formula is C11H17BrN4. The van der Waals surface area contributed by atoms with Crippen molar-refractivity contribution in [3.05, 3.63) is 27.7 Å². The van der Waals surface area contributed by atoms with Gasteiger partial charge in [-0.25, -0.2) is 5.84 Å². The summed E-state index contributed by atoms with van der Waals surface area (Å²) < 4.78 is 1.00. The summed E-state index contributed by atoms with van der Waals surface area (Å²) in [6, 6.07) is 4.16. The Balaban J connectivity index is 3.01. The molecule has 0 aliphatic carbocycles. The van der Waals surface area contributed by atoms with Gasteiger partial charge in [-0.05, 0) is 53.9 Å². The van der Waals surface area contributed by atoms with Gasteiger partial charge in [0.15, 0.2) is 0 Å². The number of halogens is 1. The number of guanidine groups is 1. The highest BCUT2D eigenvalue weighted by Gasteiger charge is 2.06. The van der Waals surface area contributed by atoms with Crippen LogP contribution in [0.25, 0.3) is 0 Å². The summed E-state index contributed by atoms with van der Waals surface area (Å²) in [6.07, 6.45) is 0. The van der Waals surface area contributed by atoms with Crippen LogP contribution >= 0.6 is 15.9 Å². The summed E-state index contributed by atoms with van der Waals surface area (Å²) in [4.78, 5) is 4.19. The molecule has 5 heteroatoms. The number of nitrogens with one attached hydrogen (secondary N) is 2. The van der Waals surface area contributed by atoms with Crippen molar-refractivity contribution in [3.63, 3.8) is 0 Å². The Morgan fingerprint density at radius 1 is 1.44 bits per heavy atom. The summed E-state index contributed by atoms with van der Waals surface area (Å²) in [5.41, 5.74) is 5.88. The van der Waals surface area contributed by atoms with Crippen LogP contribution in [-0.2, 0) is 0 Å². The Morgan fingerprint density at radius 3 is 2.62 bits per heavy atom. The van der Waals surface area contributed by atoms with Crippen molar-refractivity contribution in [2.75, 3.05) is 11.9 Å². The van der Waals surface area contributed by atoms with E-state index in [1.807, 2.05) is 13.8 Å². The molecule has 16 heavy (non-hydrogen) atoms. The van der Waals surface area contributed by atoms with Gasteiger partial charge in [0.1, 0.15) is 0 Å². The Kier molecular flexibility index (Phi) is 4.76. The van der Waals surface area contributed by atoms with Gasteiger partial charge in [0.25, 0.3) is 0 Å². The van der Waals surface area contributed by atoms with Crippen LogP contribution in [0.2, 0.25) is 0 Å². The predicted molar refractivity (Wildman–Crippen MR) is 72.5 cm³/mol. The molecule has 88 valence electrons. The zero-order valence-corrected chi connectivity index (χ0v) is 11.4. The van der Waals surface area contributed by atoms with E-state index in [0.717, 1.165) is 15.7 Å². The molecule has 0 amide bonds. The fraction of sp³-hybridized carbons (Fsp3) is 0.364. The molecule has 0 bridgehead atoms. The van der Waals surface area contributed by atoms with Crippen molar-refractivity contribution in [2.24, 2.45) is 10.8 Å². The summed E-state index contributed by atoms with van der Waals surface area (Å²) in [5, 5.41) is 3.16. The number of nitrogens with two attached hydrogens (primary N) is 1. The number of hydrogen-bond donors (Lipinski definition) is 3. The predicted octanol–water partition coefficient (Wildman–Crippen LogP) is 2.32. The largest absolute Gasteiger partial charge is 0.324 e. The van der Waals surface area contributed by atoms with Crippen molar-refractivity contribution in [2.45, 2.75) is 20.8 Å². The van der Waals surface area contributed by atoms with Crippen LogP contribution in [-0.4, -0.2) is 12.5 Å². The smallest absolute Gasteiger partial charge is 0.210 e. The van der Waals surface area contributed by atoms with Crippen LogP contribution < -0.4 is 16.6 Å². The molecule has 0 saturated carbocycles. The summed E-state index contributed by atoms with van der Waals surface area (Å²) in [7, 11) is 0.